The minimum Gasteiger partial charge on any atom is -0.506 e. The Morgan fingerprint density at radius 1 is 0.935 bits per heavy atom. The van der Waals surface area contributed by atoms with Gasteiger partial charge >= 0.3 is 0 Å². The Labute approximate surface area is 191 Å². The Hall–Kier alpha value is -2.47. The van der Waals surface area contributed by atoms with Gasteiger partial charge < -0.3 is 10.4 Å². The second-order valence-electron chi connectivity index (χ2n) is 7.79. The van der Waals surface area contributed by atoms with Crippen LogP contribution in [0.15, 0.2) is 48.8 Å². The molecule has 2 N–H and O–H groups in total. The maximum atomic E-state index is 12.4. The fourth-order valence-corrected chi connectivity index (χ4v) is 4.00. The molecule has 160 valence electrons. The van der Waals surface area contributed by atoms with Crippen molar-refractivity contribution in [2.75, 3.05) is 6.54 Å². The molecule has 5 nitrogen and oxygen atoms in total. The fourth-order valence-electron chi connectivity index (χ4n) is 3.60. The molecule has 0 aliphatic carbocycles. The van der Waals surface area contributed by atoms with E-state index in [2.05, 4.69) is 39.6 Å². The van der Waals surface area contributed by atoms with Crippen LogP contribution in [-0.2, 0) is 25.7 Å². The van der Waals surface area contributed by atoms with Crippen LogP contribution in [0.25, 0.3) is 0 Å². The molecule has 0 amide bonds. The number of carbonyl (C=O) groups is 1. The Morgan fingerprint density at radius 2 is 1.48 bits per heavy atom. The van der Waals surface area contributed by atoms with Gasteiger partial charge in [0.05, 0.1) is 12.2 Å². The van der Waals surface area contributed by atoms with Crippen LogP contribution >= 0.6 is 23.2 Å². The van der Waals surface area contributed by atoms with Crippen molar-refractivity contribution in [1.82, 2.24) is 15.3 Å². The van der Waals surface area contributed by atoms with Gasteiger partial charge in [-0.05, 0) is 73.0 Å². The molecule has 7 heteroatoms. The summed E-state index contributed by atoms with van der Waals surface area (Å²) in [5.41, 5.74) is 4.71. The number of nitrogens with zero attached hydrogens (tertiary/aromatic N) is 2. The van der Waals surface area contributed by atoms with E-state index in [1.807, 2.05) is 6.07 Å². The summed E-state index contributed by atoms with van der Waals surface area (Å²) in [5, 5.41) is 13.6. The van der Waals surface area contributed by atoms with Gasteiger partial charge in [-0.2, -0.15) is 0 Å². The van der Waals surface area contributed by atoms with E-state index in [0.29, 0.717) is 22.3 Å². The Kier molecular flexibility index (Phi) is 6.86. The lowest BCUT2D eigenvalue weighted by atomic mass is 9.96. The van der Waals surface area contributed by atoms with E-state index in [9.17, 15) is 9.90 Å². The normalized spacial score (nSPS) is 15.5. The van der Waals surface area contributed by atoms with E-state index in [1.54, 1.807) is 12.3 Å². The Balaban J connectivity index is 1.35. The number of aryl methyl sites for hydroxylation is 4. The van der Waals surface area contributed by atoms with Gasteiger partial charge in [0.1, 0.15) is 16.1 Å². The molecule has 1 aromatic carbocycles. The Bertz CT molecular complexity index is 1080. The average molecular weight is 456 g/mol. The largest absolute Gasteiger partial charge is 0.506 e. The molecule has 3 aromatic rings. The standard InChI is InChI=1S/C24H23Cl2N3O2/c25-23-17(11-19(13-28-23)22(31)21-9-10-27-21)7-5-15-1-3-16(4-2-15)6-8-18-12-20(30)14-29-24(18)26/h1-4,11-14,21,27,30H,5-10H2/t21-/m0/s1. The molecule has 1 fully saturated rings. The van der Waals surface area contributed by atoms with E-state index in [-0.39, 0.29) is 17.6 Å². The summed E-state index contributed by atoms with van der Waals surface area (Å²) in [6.45, 7) is 0.887. The number of nitrogens with one attached hydrogen (secondary N) is 1. The van der Waals surface area contributed by atoms with Gasteiger partial charge in [-0.25, -0.2) is 9.97 Å². The molecular weight excluding hydrogens is 433 g/mol. The third kappa shape index (κ3) is 5.42. The number of rotatable bonds is 8. The van der Waals surface area contributed by atoms with Crippen molar-refractivity contribution in [2.24, 2.45) is 0 Å². The van der Waals surface area contributed by atoms with Crippen LogP contribution in [0.1, 0.15) is 39.0 Å². The van der Waals surface area contributed by atoms with Crippen molar-refractivity contribution in [3.63, 3.8) is 0 Å². The molecule has 0 unspecified atom stereocenters. The maximum absolute atomic E-state index is 12.4. The van der Waals surface area contributed by atoms with Crippen molar-refractivity contribution in [3.05, 3.63) is 86.9 Å². The Morgan fingerprint density at radius 3 is 2.03 bits per heavy atom. The molecule has 1 saturated heterocycles. The molecule has 0 spiro atoms. The number of halogens is 2. The van der Waals surface area contributed by atoms with Crippen LogP contribution in [0.5, 0.6) is 5.75 Å². The van der Waals surface area contributed by atoms with Crippen LogP contribution < -0.4 is 5.32 Å². The zero-order valence-corrected chi connectivity index (χ0v) is 18.5. The third-order valence-electron chi connectivity index (χ3n) is 5.62. The van der Waals surface area contributed by atoms with E-state index >= 15 is 0 Å². The molecule has 1 atom stereocenters. The number of hydrogen-bond acceptors (Lipinski definition) is 5. The first-order chi connectivity index (χ1) is 15.0. The van der Waals surface area contributed by atoms with Gasteiger partial charge in [-0.1, -0.05) is 47.5 Å². The second-order valence-corrected chi connectivity index (χ2v) is 8.51. The van der Waals surface area contributed by atoms with Crippen LogP contribution in [0.4, 0.5) is 0 Å². The molecule has 3 heterocycles. The minimum absolute atomic E-state index is 0.0862. The first-order valence-electron chi connectivity index (χ1n) is 10.3. The van der Waals surface area contributed by atoms with Crippen molar-refractivity contribution in [1.29, 1.82) is 0 Å². The van der Waals surface area contributed by atoms with E-state index in [1.165, 1.54) is 17.3 Å². The summed E-state index contributed by atoms with van der Waals surface area (Å²) in [7, 11) is 0. The lowest BCUT2D eigenvalue weighted by Gasteiger charge is -2.26. The molecule has 4 rings (SSSR count). The van der Waals surface area contributed by atoms with Gasteiger partial charge in [0.2, 0.25) is 0 Å². The van der Waals surface area contributed by atoms with Crippen LogP contribution in [0, 0.1) is 0 Å². The second kappa shape index (κ2) is 9.77. The van der Waals surface area contributed by atoms with Crippen molar-refractivity contribution in [2.45, 2.75) is 38.1 Å². The highest BCUT2D eigenvalue weighted by molar-refractivity contribution is 6.30. The number of pyridine rings is 2. The smallest absolute Gasteiger partial charge is 0.181 e. The van der Waals surface area contributed by atoms with Crippen molar-refractivity contribution < 1.29 is 9.90 Å². The first-order valence-corrected chi connectivity index (χ1v) is 11.1. The predicted octanol–water partition coefficient (Wildman–Crippen LogP) is 4.60. The van der Waals surface area contributed by atoms with Crippen LogP contribution in [-0.4, -0.2) is 33.4 Å². The zero-order chi connectivity index (χ0) is 21.8. The minimum atomic E-state index is -0.0890. The first kappa shape index (κ1) is 21.8. The van der Waals surface area contributed by atoms with Gasteiger partial charge in [0.25, 0.3) is 0 Å². The van der Waals surface area contributed by atoms with Crippen LogP contribution in [0.3, 0.4) is 0 Å². The number of hydrogen-bond donors (Lipinski definition) is 2. The van der Waals surface area contributed by atoms with Gasteiger partial charge in [-0.15, -0.1) is 0 Å². The summed E-state index contributed by atoms with van der Waals surface area (Å²) in [5.74, 6) is 0.209. The maximum Gasteiger partial charge on any atom is 0.181 e. The number of aromatic hydroxyl groups is 1. The number of aromatic nitrogens is 2. The lowest BCUT2D eigenvalue weighted by Crippen LogP contribution is -2.48. The average Bonchev–Trinajstić information content (AvgIpc) is 2.73. The number of ketones is 1. The molecule has 0 bridgehead atoms. The number of benzene rings is 1. The summed E-state index contributed by atoms with van der Waals surface area (Å²) in [4.78, 5) is 20.6. The lowest BCUT2D eigenvalue weighted by molar-refractivity contribution is 0.0903. The highest BCUT2D eigenvalue weighted by atomic mass is 35.5. The van der Waals surface area contributed by atoms with E-state index in [0.717, 1.165) is 43.4 Å². The van der Waals surface area contributed by atoms with Crippen LogP contribution in [0.2, 0.25) is 10.3 Å². The number of carbonyl (C=O) groups excluding carboxylic acids is 1. The molecular formula is C24H23Cl2N3O2. The van der Waals surface area contributed by atoms with Gasteiger partial charge in [-0.3, -0.25) is 4.79 Å². The molecule has 1 aliphatic heterocycles. The molecule has 0 saturated carbocycles. The topological polar surface area (TPSA) is 75.1 Å². The number of Topliss-reactive ketones (excluding diaryl/α,β-unsaturated/α-hetero) is 1. The van der Waals surface area contributed by atoms with E-state index in [4.69, 9.17) is 23.2 Å². The molecule has 2 aromatic heterocycles. The fraction of sp³-hybridized carbons (Fsp3) is 0.292. The van der Waals surface area contributed by atoms with Crippen molar-refractivity contribution in [3.8, 4) is 5.75 Å². The SMILES string of the molecule is O=C(c1cnc(Cl)c(CCc2ccc(CCc3cc(O)cnc3Cl)cc2)c1)[C@@H]1CCN1. The van der Waals surface area contributed by atoms with Gasteiger partial charge in [0.15, 0.2) is 5.78 Å². The summed E-state index contributed by atoms with van der Waals surface area (Å²) < 4.78 is 0. The summed E-state index contributed by atoms with van der Waals surface area (Å²) in [6.07, 6.45) is 6.82. The predicted molar refractivity (Wildman–Crippen MR) is 122 cm³/mol. The summed E-state index contributed by atoms with van der Waals surface area (Å²) in [6, 6.07) is 11.8. The highest BCUT2D eigenvalue weighted by Gasteiger charge is 2.26. The van der Waals surface area contributed by atoms with Gasteiger partial charge in [0, 0.05) is 11.8 Å². The monoisotopic (exact) mass is 455 g/mol. The van der Waals surface area contributed by atoms with Crippen molar-refractivity contribution >= 4 is 29.0 Å². The summed E-state index contributed by atoms with van der Waals surface area (Å²) >= 11 is 12.4. The molecule has 0 radical (unpaired) electrons. The zero-order valence-electron chi connectivity index (χ0n) is 16.9. The highest BCUT2D eigenvalue weighted by Crippen LogP contribution is 2.22. The molecule has 31 heavy (non-hydrogen) atoms. The quantitative estimate of drug-likeness (QED) is 0.383. The molecule has 1 aliphatic rings. The van der Waals surface area contributed by atoms with E-state index < -0.39 is 0 Å². The third-order valence-corrected chi connectivity index (χ3v) is 6.30.